The number of anilines is 1. The Labute approximate surface area is 102 Å². The van der Waals surface area contributed by atoms with Crippen LogP contribution in [0, 0.1) is 0 Å². The molecule has 8 heteroatoms. The van der Waals surface area contributed by atoms with Crippen molar-refractivity contribution < 1.29 is 23.1 Å². The van der Waals surface area contributed by atoms with E-state index in [0.717, 1.165) is 4.90 Å². The Kier molecular flexibility index (Phi) is 2.88. The summed E-state index contributed by atoms with van der Waals surface area (Å²) in [7, 11) is 1.28. The third-order valence-electron chi connectivity index (χ3n) is 2.30. The van der Waals surface area contributed by atoms with Gasteiger partial charge in [-0.2, -0.15) is 0 Å². The standard InChI is InChI=1S/C9H8ClNO5S/c10-17(14,15)7-3-1-2-6-8(7)16-5-4-11(6)9(12)13/h1-3H,4-5H2,(H,12,13). The maximum absolute atomic E-state index is 11.3. The average Bonchev–Trinajstić information content (AvgIpc) is 2.26. The lowest BCUT2D eigenvalue weighted by Gasteiger charge is -2.27. The van der Waals surface area contributed by atoms with E-state index in [1.807, 2.05) is 0 Å². The molecule has 92 valence electrons. The van der Waals surface area contributed by atoms with Crippen LogP contribution >= 0.6 is 10.7 Å². The second-order valence-electron chi connectivity index (χ2n) is 3.32. The number of halogens is 1. The molecule has 6 nitrogen and oxygen atoms in total. The lowest BCUT2D eigenvalue weighted by Crippen LogP contribution is -2.37. The SMILES string of the molecule is O=C(O)N1CCOc2c1cccc2S(=O)(=O)Cl. The van der Waals surface area contributed by atoms with Gasteiger partial charge in [-0.15, -0.1) is 0 Å². The molecule has 1 aliphatic rings. The van der Waals surface area contributed by atoms with Crippen molar-refractivity contribution in [3.63, 3.8) is 0 Å². The molecule has 0 saturated heterocycles. The number of ether oxygens (including phenoxy) is 1. The second kappa shape index (κ2) is 4.08. The van der Waals surface area contributed by atoms with E-state index < -0.39 is 15.1 Å². The largest absolute Gasteiger partial charge is 0.488 e. The van der Waals surface area contributed by atoms with Gasteiger partial charge in [0.05, 0.1) is 12.2 Å². The highest BCUT2D eigenvalue weighted by Gasteiger charge is 2.28. The van der Waals surface area contributed by atoms with Crippen LogP contribution in [0.25, 0.3) is 0 Å². The summed E-state index contributed by atoms with van der Waals surface area (Å²) in [6.45, 7) is 0.233. The van der Waals surface area contributed by atoms with Crippen LogP contribution in [0.3, 0.4) is 0 Å². The molecule has 0 fully saturated rings. The first-order valence-electron chi connectivity index (χ1n) is 4.62. The lowest BCUT2D eigenvalue weighted by molar-refractivity contribution is 0.196. The van der Waals surface area contributed by atoms with Gasteiger partial charge in [-0.25, -0.2) is 13.2 Å². The predicted octanol–water partition coefficient (Wildman–Crippen LogP) is 1.49. The molecule has 0 atom stereocenters. The average molecular weight is 278 g/mol. The number of fused-ring (bicyclic) bond motifs is 1. The summed E-state index contributed by atoms with van der Waals surface area (Å²) >= 11 is 0. The van der Waals surface area contributed by atoms with Crippen molar-refractivity contribution in [2.45, 2.75) is 4.90 Å². The molecule has 17 heavy (non-hydrogen) atoms. The molecule has 1 aromatic rings. The van der Waals surface area contributed by atoms with E-state index >= 15 is 0 Å². The minimum absolute atomic E-state index is 0.0175. The van der Waals surface area contributed by atoms with Crippen molar-refractivity contribution >= 4 is 31.5 Å². The number of amides is 1. The molecule has 0 spiro atoms. The summed E-state index contributed by atoms with van der Waals surface area (Å²) < 4.78 is 27.8. The zero-order chi connectivity index (χ0) is 12.6. The van der Waals surface area contributed by atoms with Crippen molar-refractivity contribution in [3.05, 3.63) is 18.2 Å². The van der Waals surface area contributed by atoms with Gasteiger partial charge >= 0.3 is 6.09 Å². The van der Waals surface area contributed by atoms with Crippen LogP contribution in [-0.4, -0.2) is 32.8 Å². The first-order chi connectivity index (χ1) is 7.91. The van der Waals surface area contributed by atoms with Crippen LogP contribution in [-0.2, 0) is 9.05 Å². The van der Waals surface area contributed by atoms with Gasteiger partial charge in [0, 0.05) is 10.7 Å². The molecule has 0 saturated carbocycles. The fourth-order valence-electron chi connectivity index (χ4n) is 1.61. The lowest BCUT2D eigenvalue weighted by atomic mass is 10.2. The highest BCUT2D eigenvalue weighted by Crippen LogP contribution is 2.38. The number of carboxylic acid groups (broad SMARTS) is 1. The molecule has 0 aromatic heterocycles. The van der Waals surface area contributed by atoms with Gasteiger partial charge in [0.25, 0.3) is 9.05 Å². The number of carbonyl (C=O) groups is 1. The minimum Gasteiger partial charge on any atom is -0.488 e. The Morgan fingerprint density at radius 3 is 2.76 bits per heavy atom. The van der Waals surface area contributed by atoms with Crippen LogP contribution in [0.2, 0.25) is 0 Å². The van der Waals surface area contributed by atoms with Gasteiger partial charge in [0.15, 0.2) is 5.75 Å². The van der Waals surface area contributed by atoms with E-state index in [0.29, 0.717) is 0 Å². The molecule has 0 bridgehead atoms. The molecule has 1 heterocycles. The van der Waals surface area contributed by atoms with Gasteiger partial charge < -0.3 is 9.84 Å². The number of para-hydroxylation sites is 1. The van der Waals surface area contributed by atoms with Crippen LogP contribution in [0.4, 0.5) is 10.5 Å². The second-order valence-corrected chi connectivity index (χ2v) is 5.86. The van der Waals surface area contributed by atoms with Gasteiger partial charge in [-0.1, -0.05) is 6.07 Å². The Morgan fingerprint density at radius 2 is 2.18 bits per heavy atom. The zero-order valence-electron chi connectivity index (χ0n) is 8.46. The van der Waals surface area contributed by atoms with Crippen molar-refractivity contribution in [3.8, 4) is 5.75 Å². The predicted molar refractivity (Wildman–Crippen MR) is 60.3 cm³/mol. The normalized spacial score (nSPS) is 15.0. The molecule has 0 radical (unpaired) electrons. The Balaban J connectivity index is 2.63. The first kappa shape index (κ1) is 12.0. The van der Waals surface area contributed by atoms with Crippen LogP contribution in [0.15, 0.2) is 23.1 Å². The molecule has 1 amide bonds. The molecule has 2 rings (SSSR count). The van der Waals surface area contributed by atoms with Crippen molar-refractivity contribution in [2.75, 3.05) is 18.1 Å². The third kappa shape index (κ3) is 2.16. The Bertz CT molecular complexity index is 571. The zero-order valence-corrected chi connectivity index (χ0v) is 10.0. The van der Waals surface area contributed by atoms with Crippen molar-refractivity contribution in [1.82, 2.24) is 0 Å². The Hall–Kier alpha value is -1.47. The highest BCUT2D eigenvalue weighted by molar-refractivity contribution is 8.13. The minimum atomic E-state index is -3.97. The van der Waals surface area contributed by atoms with Crippen LogP contribution in [0.1, 0.15) is 0 Å². The van der Waals surface area contributed by atoms with E-state index in [-0.39, 0.29) is 29.5 Å². The molecule has 0 aliphatic carbocycles. The van der Waals surface area contributed by atoms with E-state index in [9.17, 15) is 13.2 Å². The monoisotopic (exact) mass is 277 g/mol. The fourth-order valence-corrected chi connectivity index (χ4v) is 2.60. The highest BCUT2D eigenvalue weighted by atomic mass is 35.7. The summed E-state index contributed by atoms with van der Waals surface area (Å²) in [6.07, 6.45) is -1.17. The van der Waals surface area contributed by atoms with E-state index in [4.69, 9.17) is 20.5 Å². The first-order valence-corrected chi connectivity index (χ1v) is 6.93. The van der Waals surface area contributed by atoms with Crippen LogP contribution in [0.5, 0.6) is 5.75 Å². The van der Waals surface area contributed by atoms with Gasteiger partial charge in [0.1, 0.15) is 11.5 Å². The number of rotatable bonds is 1. The van der Waals surface area contributed by atoms with Crippen molar-refractivity contribution in [1.29, 1.82) is 0 Å². The van der Waals surface area contributed by atoms with Crippen LogP contribution < -0.4 is 9.64 Å². The van der Waals surface area contributed by atoms with Crippen molar-refractivity contribution in [2.24, 2.45) is 0 Å². The summed E-state index contributed by atoms with van der Waals surface area (Å²) in [4.78, 5) is 11.8. The van der Waals surface area contributed by atoms with E-state index in [1.54, 1.807) is 0 Å². The Morgan fingerprint density at radius 1 is 1.47 bits per heavy atom. The maximum Gasteiger partial charge on any atom is 0.412 e. The molecule has 1 aromatic carbocycles. The summed E-state index contributed by atoms with van der Waals surface area (Å²) in [5.41, 5.74) is 0.186. The van der Waals surface area contributed by atoms with Gasteiger partial charge in [-0.05, 0) is 12.1 Å². The number of hydrogen-bond donors (Lipinski definition) is 1. The molecule has 1 N–H and O–H groups in total. The number of benzene rings is 1. The van der Waals surface area contributed by atoms with E-state index in [1.165, 1.54) is 18.2 Å². The fraction of sp³-hybridized carbons (Fsp3) is 0.222. The van der Waals surface area contributed by atoms with E-state index in [2.05, 4.69) is 0 Å². The number of nitrogens with zero attached hydrogens (tertiary/aromatic N) is 1. The maximum atomic E-state index is 11.3. The third-order valence-corrected chi connectivity index (χ3v) is 3.65. The van der Waals surface area contributed by atoms with Gasteiger partial charge in [-0.3, -0.25) is 4.90 Å². The molecule has 0 unspecified atom stereocenters. The smallest absolute Gasteiger partial charge is 0.412 e. The summed E-state index contributed by atoms with van der Waals surface area (Å²) in [6, 6.07) is 4.15. The van der Waals surface area contributed by atoms with Gasteiger partial charge in [0.2, 0.25) is 0 Å². The molecular formula is C9H8ClNO5S. The molecule has 1 aliphatic heterocycles. The number of hydrogen-bond acceptors (Lipinski definition) is 4. The quantitative estimate of drug-likeness (QED) is 0.786. The topological polar surface area (TPSA) is 83.9 Å². The molecular weight excluding hydrogens is 270 g/mol. The summed E-state index contributed by atoms with van der Waals surface area (Å²) in [5, 5.41) is 8.97. The summed E-state index contributed by atoms with van der Waals surface area (Å²) in [5.74, 6) is -0.0175.